The third-order valence-corrected chi connectivity index (χ3v) is 4.80. The second-order valence-electron chi connectivity index (χ2n) is 6.23. The Morgan fingerprint density at radius 2 is 1.73 bits per heavy atom. The van der Waals surface area contributed by atoms with Gasteiger partial charge in [0.1, 0.15) is 16.8 Å². The minimum absolute atomic E-state index is 0.0450. The molecule has 0 saturated heterocycles. The van der Waals surface area contributed by atoms with Gasteiger partial charge >= 0.3 is 0 Å². The summed E-state index contributed by atoms with van der Waals surface area (Å²) in [6, 6.07) is 10.4. The van der Waals surface area contributed by atoms with E-state index in [9.17, 15) is 8.60 Å². The first-order chi connectivity index (χ1) is 10.2. The van der Waals surface area contributed by atoms with E-state index in [0.717, 1.165) is 5.56 Å². The van der Waals surface area contributed by atoms with Gasteiger partial charge < -0.3 is 4.72 Å². The second-order valence-corrected chi connectivity index (χ2v) is 7.85. The summed E-state index contributed by atoms with van der Waals surface area (Å²) in [6.07, 6.45) is 0. The lowest BCUT2D eigenvalue weighted by atomic mass is 9.87. The SMILES string of the molecule is Cc1cc(Cl)c(F)cc1NS(=O)c1ccc(C(C)(C)C)cc1. The van der Waals surface area contributed by atoms with E-state index in [1.54, 1.807) is 6.92 Å². The molecule has 2 aromatic rings. The fraction of sp³-hybridized carbons (Fsp3) is 0.294. The molecule has 118 valence electrons. The smallest absolute Gasteiger partial charge is 0.150 e. The normalized spacial score (nSPS) is 13.0. The third-order valence-electron chi connectivity index (χ3n) is 3.40. The number of benzene rings is 2. The van der Waals surface area contributed by atoms with Gasteiger partial charge in [-0.15, -0.1) is 0 Å². The van der Waals surface area contributed by atoms with Crippen molar-refractivity contribution in [3.8, 4) is 0 Å². The quantitative estimate of drug-likeness (QED) is 0.816. The number of nitrogens with one attached hydrogen (secondary N) is 1. The van der Waals surface area contributed by atoms with Crippen LogP contribution < -0.4 is 4.72 Å². The highest BCUT2D eigenvalue weighted by atomic mass is 35.5. The lowest BCUT2D eigenvalue weighted by molar-refractivity contribution is 0.589. The van der Waals surface area contributed by atoms with Crippen molar-refractivity contribution in [1.29, 1.82) is 0 Å². The summed E-state index contributed by atoms with van der Waals surface area (Å²) in [4.78, 5) is 0.641. The van der Waals surface area contributed by atoms with Crippen LogP contribution in [0.2, 0.25) is 5.02 Å². The lowest BCUT2D eigenvalue weighted by Crippen LogP contribution is -2.11. The molecule has 2 aromatic carbocycles. The first-order valence-electron chi connectivity index (χ1n) is 6.93. The second kappa shape index (κ2) is 6.39. The average Bonchev–Trinajstić information content (AvgIpc) is 2.44. The first kappa shape index (κ1) is 17.0. The molecule has 1 N–H and O–H groups in total. The van der Waals surface area contributed by atoms with Gasteiger partial charge in [0.05, 0.1) is 15.6 Å². The number of anilines is 1. The number of aryl methyl sites for hydroxylation is 1. The Morgan fingerprint density at radius 3 is 2.27 bits per heavy atom. The molecule has 0 spiro atoms. The fourth-order valence-electron chi connectivity index (χ4n) is 1.99. The molecule has 0 aliphatic rings. The maximum absolute atomic E-state index is 13.5. The number of halogens is 2. The van der Waals surface area contributed by atoms with Crippen LogP contribution >= 0.6 is 11.6 Å². The first-order valence-corrected chi connectivity index (χ1v) is 8.46. The van der Waals surface area contributed by atoms with Crippen LogP contribution in [0.15, 0.2) is 41.3 Å². The molecule has 0 aromatic heterocycles. The van der Waals surface area contributed by atoms with E-state index in [4.69, 9.17) is 11.6 Å². The highest BCUT2D eigenvalue weighted by molar-refractivity contribution is 7.86. The predicted molar refractivity (Wildman–Crippen MR) is 91.3 cm³/mol. The number of rotatable bonds is 3. The standard InChI is InChI=1S/C17H19ClFNOS/c1-11-9-14(18)15(19)10-16(11)20-22(21)13-7-5-12(6-8-13)17(2,3)4/h5-10,20H,1-4H3. The van der Waals surface area contributed by atoms with Crippen molar-refractivity contribution in [3.63, 3.8) is 0 Å². The zero-order chi connectivity index (χ0) is 16.5. The molecule has 5 heteroatoms. The van der Waals surface area contributed by atoms with Gasteiger partial charge in [0.15, 0.2) is 0 Å². The van der Waals surface area contributed by atoms with Crippen LogP contribution in [0.25, 0.3) is 0 Å². The molecule has 0 bridgehead atoms. The van der Waals surface area contributed by atoms with Crippen LogP contribution in [0.1, 0.15) is 31.9 Å². The molecule has 0 aliphatic carbocycles. The van der Waals surface area contributed by atoms with Crippen molar-refractivity contribution in [1.82, 2.24) is 0 Å². The molecule has 22 heavy (non-hydrogen) atoms. The largest absolute Gasteiger partial charge is 0.301 e. The van der Waals surface area contributed by atoms with Crippen molar-refractivity contribution < 1.29 is 8.60 Å². The van der Waals surface area contributed by atoms with E-state index in [-0.39, 0.29) is 10.4 Å². The molecular formula is C17H19ClFNOS. The topological polar surface area (TPSA) is 29.1 Å². The number of hydrogen-bond donors (Lipinski definition) is 1. The summed E-state index contributed by atoms with van der Waals surface area (Å²) < 4.78 is 28.7. The van der Waals surface area contributed by atoms with Crippen LogP contribution in [0, 0.1) is 12.7 Å². The molecule has 0 amide bonds. The van der Waals surface area contributed by atoms with Crippen molar-refractivity contribution in [2.45, 2.75) is 38.0 Å². The highest BCUT2D eigenvalue weighted by Gasteiger charge is 2.14. The molecule has 0 heterocycles. The zero-order valence-electron chi connectivity index (χ0n) is 13.0. The van der Waals surface area contributed by atoms with Gasteiger partial charge in [-0.3, -0.25) is 0 Å². The predicted octanol–water partition coefficient (Wildman–Crippen LogP) is 5.22. The Kier molecular flexibility index (Phi) is 4.93. The van der Waals surface area contributed by atoms with Crippen molar-refractivity contribution >= 4 is 28.3 Å². The molecule has 1 unspecified atom stereocenters. The van der Waals surface area contributed by atoms with Crippen LogP contribution in [0.3, 0.4) is 0 Å². The molecule has 0 saturated carbocycles. The summed E-state index contributed by atoms with van der Waals surface area (Å²) in [5, 5.41) is 0.0587. The van der Waals surface area contributed by atoms with E-state index in [1.165, 1.54) is 17.7 Å². The van der Waals surface area contributed by atoms with E-state index >= 15 is 0 Å². The Hall–Kier alpha value is -1.39. The Labute approximate surface area is 138 Å². The Bertz CT molecular complexity index is 708. The highest BCUT2D eigenvalue weighted by Crippen LogP contribution is 2.26. The van der Waals surface area contributed by atoms with Gasteiger partial charge in [-0.25, -0.2) is 8.60 Å². The summed E-state index contributed by atoms with van der Waals surface area (Å²) in [6.45, 7) is 8.15. The van der Waals surface area contributed by atoms with Crippen molar-refractivity contribution in [2.24, 2.45) is 0 Å². The van der Waals surface area contributed by atoms with Crippen molar-refractivity contribution in [2.75, 3.05) is 4.72 Å². The van der Waals surface area contributed by atoms with Gasteiger partial charge in [0.2, 0.25) is 0 Å². The molecular weight excluding hydrogens is 321 g/mol. The van der Waals surface area contributed by atoms with Gasteiger partial charge in [-0.05, 0) is 47.7 Å². The van der Waals surface area contributed by atoms with E-state index in [1.807, 2.05) is 24.3 Å². The maximum atomic E-state index is 13.5. The molecule has 2 nitrogen and oxygen atoms in total. The molecule has 0 fully saturated rings. The Morgan fingerprint density at radius 1 is 1.14 bits per heavy atom. The third kappa shape index (κ3) is 3.87. The summed E-state index contributed by atoms with van der Waals surface area (Å²) in [7, 11) is -1.45. The summed E-state index contributed by atoms with van der Waals surface area (Å²) >= 11 is 5.72. The lowest BCUT2D eigenvalue weighted by Gasteiger charge is -2.19. The van der Waals surface area contributed by atoms with E-state index in [2.05, 4.69) is 25.5 Å². The minimum Gasteiger partial charge on any atom is -0.301 e. The minimum atomic E-state index is -1.45. The maximum Gasteiger partial charge on any atom is 0.150 e. The van der Waals surface area contributed by atoms with Crippen LogP contribution in [0.5, 0.6) is 0 Å². The molecule has 0 aliphatic heterocycles. The summed E-state index contributed by atoms with van der Waals surface area (Å²) in [5.41, 5.74) is 2.43. The van der Waals surface area contributed by atoms with Gasteiger partial charge in [0.25, 0.3) is 0 Å². The van der Waals surface area contributed by atoms with Gasteiger partial charge in [0, 0.05) is 0 Å². The Balaban J connectivity index is 2.21. The summed E-state index contributed by atoms with van der Waals surface area (Å²) in [5.74, 6) is -0.533. The fourth-order valence-corrected chi connectivity index (χ4v) is 3.13. The zero-order valence-corrected chi connectivity index (χ0v) is 14.6. The van der Waals surface area contributed by atoms with Gasteiger partial charge in [-0.1, -0.05) is 44.5 Å². The van der Waals surface area contributed by atoms with Gasteiger partial charge in [-0.2, -0.15) is 0 Å². The molecule has 2 rings (SSSR count). The van der Waals surface area contributed by atoms with Crippen LogP contribution in [0.4, 0.5) is 10.1 Å². The molecule has 0 radical (unpaired) electrons. The van der Waals surface area contributed by atoms with Crippen molar-refractivity contribution in [3.05, 3.63) is 58.4 Å². The van der Waals surface area contributed by atoms with Crippen LogP contribution in [-0.4, -0.2) is 4.21 Å². The molecule has 1 atom stereocenters. The number of hydrogen-bond acceptors (Lipinski definition) is 1. The van der Waals surface area contributed by atoms with Crippen LogP contribution in [-0.2, 0) is 16.4 Å². The monoisotopic (exact) mass is 339 g/mol. The van der Waals surface area contributed by atoms with E-state index in [0.29, 0.717) is 10.6 Å². The average molecular weight is 340 g/mol. The van der Waals surface area contributed by atoms with E-state index < -0.39 is 16.8 Å².